The number of amides is 2. The van der Waals surface area contributed by atoms with Crippen molar-refractivity contribution in [2.45, 2.75) is 25.3 Å². The molecule has 0 heterocycles. The van der Waals surface area contributed by atoms with E-state index in [-0.39, 0.29) is 12.5 Å². The quantitative estimate of drug-likeness (QED) is 0.678. The molecular weight excluding hydrogens is 388 g/mol. The second kappa shape index (κ2) is 8.54. The van der Waals surface area contributed by atoms with Gasteiger partial charge in [0.15, 0.2) is 6.61 Å². The molecule has 1 aliphatic rings. The van der Waals surface area contributed by atoms with E-state index >= 15 is 0 Å². The highest BCUT2D eigenvalue weighted by Crippen LogP contribution is 2.44. The third-order valence-electron chi connectivity index (χ3n) is 4.96. The normalized spacial score (nSPS) is 12.6. The van der Waals surface area contributed by atoms with Gasteiger partial charge in [-0.1, -0.05) is 48.5 Å². The molecule has 0 radical (unpaired) electrons. The smallest absolute Gasteiger partial charge is 0.408 e. The van der Waals surface area contributed by atoms with E-state index in [9.17, 15) is 14.4 Å². The molecule has 0 aromatic heterocycles. The van der Waals surface area contributed by atoms with Crippen LogP contribution in [0.3, 0.4) is 0 Å². The highest BCUT2D eigenvalue weighted by molar-refractivity contribution is 5.88. The Hall–Kier alpha value is -3.39. The lowest BCUT2D eigenvalue weighted by Crippen LogP contribution is -2.55. The van der Waals surface area contributed by atoms with Gasteiger partial charge in [-0.25, -0.2) is 14.7 Å². The molecule has 8 nitrogen and oxygen atoms in total. The number of likely N-dealkylation sites (N-methyl/N-ethyl adjacent to an activating group) is 1. The van der Waals surface area contributed by atoms with Gasteiger partial charge in [-0.2, -0.15) is 0 Å². The number of ether oxygens (including phenoxy) is 1. The summed E-state index contributed by atoms with van der Waals surface area (Å²) in [5.74, 6) is -1.92. The molecule has 3 rings (SSSR count). The van der Waals surface area contributed by atoms with Crippen molar-refractivity contribution in [3.05, 3.63) is 59.7 Å². The molecule has 0 atom stereocenters. The number of nitrogens with one attached hydrogen (secondary N) is 1. The average Bonchev–Trinajstić information content (AvgIpc) is 3.03. The van der Waals surface area contributed by atoms with E-state index in [2.05, 4.69) is 5.32 Å². The zero-order valence-electron chi connectivity index (χ0n) is 17.0. The van der Waals surface area contributed by atoms with Gasteiger partial charge in [-0.05, 0) is 36.1 Å². The van der Waals surface area contributed by atoms with Crippen molar-refractivity contribution in [3.63, 3.8) is 0 Å². The summed E-state index contributed by atoms with van der Waals surface area (Å²) in [6, 6.07) is 16.0. The molecule has 0 aliphatic heterocycles. The van der Waals surface area contributed by atoms with Gasteiger partial charge in [0, 0.05) is 13.0 Å². The summed E-state index contributed by atoms with van der Waals surface area (Å²) < 4.78 is 5.45. The van der Waals surface area contributed by atoms with Gasteiger partial charge < -0.3 is 15.2 Å². The van der Waals surface area contributed by atoms with E-state index in [1.165, 1.54) is 20.9 Å². The van der Waals surface area contributed by atoms with Crippen LogP contribution in [0.15, 0.2) is 48.5 Å². The topological polar surface area (TPSA) is 105 Å². The van der Waals surface area contributed by atoms with Crippen molar-refractivity contribution in [3.8, 4) is 11.1 Å². The Balaban J connectivity index is 1.63. The van der Waals surface area contributed by atoms with Gasteiger partial charge in [-0.3, -0.25) is 9.63 Å². The van der Waals surface area contributed by atoms with Crippen molar-refractivity contribution in [2.75, 3.05) is 20.3 Å². The molecule has 0 bridgehead atoms. The first-order valence-corrected chi connectivity index (χ1v) is 9.46. The minimum Gasteiger partial charge on any atom is -0.479 e. The minimum atomic E-state index is -1.35. The summed E-state index contributed by atoms with van der Waals surface area (Å²) >= 11 is 0. The molecule has 0 spiro atoms. The van der Waals surface area contributed by atoms with E-state index in [4.69, 9.17) is 14.7 Å². The van der Waals surface area contributed by atoms with Crippen LogP contribution in [-0.4, -0.2) is 53.9 Å². The van der Waals surface area contributed by atoms with Gasteiger partial charge >= 0.3 is 12.1 Å². The van der Waals surface area contributed by atoms with Gasteiger partial charge in [0.05, 0.1) is 0 Å². The van der Waals surface area contributed by atoms with E-state index in [1.54, 1.807) is 0 Å². The SMILES string of the molecule is CN(OCC(=O)O)C(=O)C(C)(C)NC(=O)OCC1c2ccccc2-c2ccccc21. The third-order valence-corrected chi connectivity index (χ3v) is 4.96. The largest absolute Gasteiger partial charge is 0.479 e. The Kier molecular flexibility index (Phi) is 6.07. The summed E-state index contributed by atoms with van der Waals surface area (Å²) in [4.78, 5) is 40.3. The standard InChI is InChI=1S/C22H24N2O6/c1-22(2,20(27)24(3)30-13-19(25)26)23-21(28)29-12-18-16-10-6-4-8-14(16)15-9-5-7-11-17(15)18/h4-11,18H,12-13H2,1-3H3,(H,23,28)(H,25,26). The fraction of sp³-hybridized carbons (Fsp3) is 0.318. The number of fused-ring (bicyclic) bond motifs is 3. The molecule has 2 aromatic rings. The number of rotatable bonds is 7. The Morgan fingerprint density at radius 3 is 2.10 bits per heavy atom. The maximum absolute atomic E-state index is 12.4. The zero-order valence-corrected chi connectivity index (χ0v) is 17.0. The molecule has 0 saturated carbocycles. The molecular formula is C22H24N2O6. The van der Waals surface area contributed by atoms with Crippen molar-refractivity contribution >= 4 is 18.0 Å². The lowest BCUT2D eigenvalue weighted by molar-refractivity contribution is -0.190. The lowest BCUT2D eigenvalue weighted by atomic mass is 9.98. The second-order valence-corrected chi connectivity index (χ2v) is 7.55. The van der Waals surface area contributed by atoms with Crippen molar-refractivity contribution < 1.29 is 29.1 Å². The first-order valence-electron chi connectivity index (χ1n) is 9.46. The molecule has 2 amide bonds. The van der Waals surface area contributed by atoms with E-state index in [0.717, 1.165) is 27.3 Å². The molecule has 30 heavy (non-hydrogen) atoms. The monoisotopic (exact) mass is 412 g/mol. The predicted molar refractivity (Wildman–Crippen MR) is 109 cm³/mol. The van der Waals surface area contributed by atoms with Gasteiger partial charge in [-0.15, -0.1) is 0 Å². The summed E-state index contributed by atoms with van der Waals surface area (Å²) in [7, 11) is 1.28. The Labute approximate surface area is 174 Å². The van der Waals surface area contributed by atoms with Crippen LogP contribution in [0.4, 0.5) is 4.79 Å². The van der Waals surface area contributed by atoms with Crippen molar-refractivity contribution in [1.29, 1.82) is 0 Å². The minimum absolute atomic E-state index is 0.0939. The van der Waals surface area contributed by atoms with Gasteiger partial charge in [0.1, 0.15) is 12.1 Å². The summed E-state index contributed by atoms with van der Waals surface area (Å²) in [5.41, 5.74) is 3.06. The van der Waals surface area contributed by atoms with Crippen LogP contribution in [0.1, 0.15) is 30.9 Å². The number of aliphatic carboxylic acids is 1. The Bertz CT molecular complexity index is 926. The second-order valence-electron chi connectivity index (χ2n) is 7.55. The summed E-state index contributed by atoms with van der Waals surface area (Å²) in [6.45, 7) is 2.42. The number of hydrogen-bond acceptors (Lipinski definition) is 5. The average molecular weight is 412 g/mol. The number of carboxylic acid groups (broad SMARTS) is 1. The summed E-state index contributed by atoms with van der Waals surface area (Å²) in [6.07, 6.45) is -0.748. The maximum Gasteiger partial charge on any atom is 0.408 e. The molecule has 0 saturated heterocycles. The van der Waals surface area contributed by atoms with Crippen molar-refractivity contribution in [1.82, 2.24) is 10.4 Å². The number of alkyl carbamates (subject to hydrolysis) is 1. The maximum atomic E-state index is 12.4. The zero-order chi connectivity index (χ0) is 21.9. The fourth-order valence-electron chi connectivity index (χ4n) is 3.55. The fourth-order valence-corrected chi connectivity index (χ4v) is 3.55. The van der Waals surface area contributed by atoms with Crippen LogP contribution in [0, 0.1) is 0 Å². The number of hydrogen-bond donors (Lipinski definition) is 2. The molecule has 2 aromatic carbocycles. The number of carbonyl (C=O) groups is 3. The highest BCUT2D eigenvalue weighted by atomic mass is 16.7. The number of benzene rings is 2. The molecule has 1 aliphatic carbocycles. The van der Waals surface area contributed by atoms with E-state index in [1.807, 2.05) is 48.5 Å². The molecule has 158 valence electrons. The number of nitrogens with zero attached hydrogens (tertiary/aromatic N) is 1. The molecule has 2 N–H and O–H groups in total. The predicted octanol–water partition coefficient (Wildman–Crippen LogP) is 2.78. The van der Waals surface area contributed by atoms with Gasteiger partial charge in [0.2, 0.25) is 0 Å². The van der Waals surface area contributed by atoms with Crippen LogP contribution < -0.4 is 5.32 Å². The van der Waals surface area contributed by atoms with Crippen LogP contribution in [0.25, 0.3) is 11.1 Å². The Morgan fingerprint density at radius 1 is 1.03 bits per heavy atom. The van der Waals surface area contributed by atoms with Crippen LogP contribution in [0.5, 0.6) is 0 Å². The van der Waals surface area contributed by atoms with Crippen molar-refractivity contribution in [2.24, 2.45) is 0 Å². The van der Waals surface area contributed by atoms with Gasteiger partial charge in [0.25, 0.3) is 5.91 Å². The van der Waals surface area contributed by atoms with Crippen LogP contribution in [0.2, 0.25) is 0 Å². The van der Waals surface area contributed by atoms with E-state index in [0.29, 0.717) is 0 Å². The number of carbonyl (C=O) groups excluding carboxylic acids is 2. The van der Waals surface area contributed by atoms with Crippen LogP contribution in [-0.2, 0) is 19.2 Å². The number of hydroxylamine groups is 2. The highest BCUT2D eigenvalue weighted by Gasteiger charge is 2.35. The lowest BCUT2D eigenvalue weighted by Gasteiger charge is -2.29. The summed E-state index contributed by atoms with van der Waals surface area (Å²) in [5, 5.41) is 12.0. The third kappa shape index (κ3) is 4.44. The first kappa shape index (κ1) is 21.3. The molecule has 0 fully saturated rings. The molecule has 8 heteroatoms. The first-order chi connectivity index (χ1) is 14.2. The molecule has 0 unspecified atom stereocenters. The number of carboxylic acids is 1. The Morgan fingerprint density at radius 2 is 1.57 bits per heavy atom. The van der Waals surface area contributed by atoms with E-state index < -0.39 is 30.1 Å². The van der Waals surface area contributed by atoms with Crippen LogP contribution >= 0.6 is 0 Å².